The number of carbonyl (C=O) groups excluding carboxylic acids is 1. The highest BCUT2D eigenvalue weighted by Crippen LogP contribution is 2.40. The number of rotatable bonds is 6. The predicted octanol–water partition coefficient (Wildman–Crippen LogP) is 3.07. The van der Waals surface area contributed by atoms with Gasteiger partial charge in [0.25, 0.3) is 0 Å². The predicted molar refractivity (Wildman–Crippen MR) is 67.7 cm³/mol. The lowest BCUT2D eigenvalue weighted by Gasteiger charge is -2.29. The highest BCUT2D eigenvalue weighted by Gasteiger charge is 2.54. The number of methoxy groups -OCH3 is 1. The average Bonchev–Trinajstić information content (AvgIpc) is 2.43. The monoisotopic (exact) mass is 290 g/mol. The first-order chi connectivity index (χ1) is 9.29. The Morgan fingerprint density at radius 3 is 2.40 bits per heavy atom. The third-order valence-corrected chi connectivity index (χ3v) is 3.31. The summed E-state index contributed by atoms with van der Waals surface area (Å²) in [4.78, 5) is 10.7. The summed E-state index contributed by atoms with van der Waals surface area (Å²) in [6.07, 6.45) is -5.82. The number of aliphatic hydroxyl groups is 1. The van der Waals surface area contributed by atoms with E-state index in [4.69, 9.17) is 4.74 Å². The van der Waals surface area contributed by atoms with E-state index in [0.717, 1.165) is 0 Å². The summed E-state index contributed by atoms with van der Waals surface area (Å²) in [6.45, 7) is 1.69. The van der Waals surface area contributed by atoms with Crippen LogP contribution in [0.25, 0.3) is 0 Å². The molecule has 0 saturated heterocycles. The molecule has 3 nitrogen and oxygen atoms in total. The van der Waals surface area contributed by atoms with Crippen LogP contribution in [-0.2, 0) is 4.79 Å². The molecule has 0 aromatic heterocycles. The molecule has 1 rings (SSSR count). The SMILES string of the molecule is CCC(CC(O)(C=O)C(F)(F)F)c1ccccc1OC. The molecule has 0 saturated carbocycles. The molecule has 0 radical (unpaired) electrons. The zero-order chi connectivity index (χ0) is 15.4. The van der Waals surface area contributed by atoms with Crippen LogP contribution in [0.3, 0.4) is 0 Å². The second-order valence-corrected chi connectivity index (χ2v) is 4.59. The minimum atomic E-state index is -5.00. The zero-order valence-electron chi connectivity index (χ0n) is 11.3. The van der Waals surface area contributed by atoms with Crippen LogP contribution in [0.5, 0.6) is 5.75 Å². The lowest BCUT2D eigenvalue weighted by atomic mass is 9.84. The standard InChI is InChI=1S/C14H17F3O3/c1-3-10(8-13(19,9-18)14(15,16)17)11-6-4-5-7-12(11)20-2/h4-7,9-10,19H,3,8H2,1-2H3. The highest BCUT2D eigenvalue weighted by molar-refractivity contribution is 5.64. The van der Waals surface area contributed by atoms with Crippen LogP contribution in [-0.4, -0.2) is 30.3 Å². The van der Waals surface area contributed by atoms with Crippen molar-refractivity contribution in [1.82, 2.24) is 0 Å². The van der Waals surface area contributed by atoms with Gasteiger partial charge in [-0.1, -0.05) is 25.1 Å². The number of hydrogen-bond acceptors (Lipinski definition) is 3. The Balaban J connectivity index is 3.11. The van der Waals surface area contributed by atoms with Gasteiger partial charge in [0.2, 0.25) is 5.60 Å². The largest absolute Gasteiger partial charge is 0.496 e. The van der Waals surface area contributed by atoms with Gasteiger partial charge in [0.1, 0.15) is 5.75 Å². The van der Waals surface area contributed by atoms with Gasteiger partial charge < -0.3 is 9.84 Å². The first kappa shape index (κ1) is 16.5. The molecule has 0 bridgehead atoms. The smallest absolute Gasteiger partial charge is 0.424 e. The van der Waals surface area contributed by atoms with Gasteiger partial charge in [0.05, 0.1) is 7.11 Å². The van der Waals surface area contributed by atoms with Crippen LogP contribution in [0.2, 0.25) is 0 Å². The number of alkyl halides is 3. The van der Waals surface area contributed by atoms with Gasteiger partial charge >= 0.3 is 6.18 Å². The Labute approximate surface area is 115 Å². The highest BCUT2D eigenvalue weighted by atomic mass is 19.4. The third kappa shape index (κ3) is 3.30. The Bertz CT molecular complexity index is 459. The minimum absolute atomic E-state index is 0.340. The number of benzene rings is 1. The lowest BCUT2D eigenvalue weighted by Crippen LogP contribution is -2.47. The van der Waals surface area contributed by atoms with Gasteiger partial charge in [-0.05, 0) is 30.4 Å². The van der Waals surface area contributed by atoms with Gasteiger partial charge in [-0.2, -0.15) is 13.2 Å². The van der Waals surface area contributed by atoms with Crippen LogP contribution < -0.4 is 4.74 Å². The van der Waals surface area contributed by atoms with Gasteiger partial charge in [-0.3, -0.25) is 4.79 Å². The first-order valence-corrected chi connectivity index (χ1v) is 6.17. The molecular formula is C14H17F3O3. The Morgan fingerprint density at radius 2 is 1.95 bits per heavy atom. The molecule has 0 aliphatic rings. The summed E-state index contributed by atoms with van der Waals surface area (Å²) in [5.74, 6) is -0.197. The summed E-state index contributed by atoms with van der Waals surface area (Å²) < 4.78 is 43.5. The summed E-state index contributed by atoms with van der Waals surface area (Å²) in [5, 5.41) is 9.55. The fraction of sp³-hybridized carbons (Fsp3) is 0.500. The minimum Gasteiger partial charge on any atom is -0.496 e. The molecule has 1 aromatic rings. The van der Waals surface area contributed by atoms with Crippen LogP contribution in [0.4, 0.5) is 13.2 Å². The zero-order valence-corrected chi connectivity index (χ0v) is 11.3. The van der Waals surface area contributed by atoms with Crippen molar-refractivity contribution in [2.75, 3.05) is 7.11 Å². The Morgan fingerprint density at radius 1 is 1.35 bits per heavy atom. The maximum atomic E-state index is 12.8. The van der Waals surface area contributed by atoms with E-state index in [2.05, 4.69) is 0 Å². The number of aldehydes is 1. The van der Waals surface area contributed by atoms with Crippen molar-refractivity contribution in [3.63, 3.8) is 0 Å². The number of hydrogen-bond donors (Lipinski definition) is 1. The molecule has 1 N–H and O–H groups in total. The molecule has 0 fully saturated rings. The van der Waals surface area contributed by atoms with Crippen molar-refractivity contribution in [2.24, 2.45) is 0 Å². The summed E-state index contributed by atoms with van der Waals surface area (Å²) in [5.41, 5.74) is -2.80. The van der Waals surface area contributed by atoms with Crippen molar-refractivity contribution < 1.29 is 27.8 Å². The fourth-order valence-corrected chi connectivity index (χ4v) is 2.08. The van der Waals surface area contributed by atoms with E-state index in [1.807, 2.05) is 0 Å². The van der Waals surface area contributed by atoms with Crippen molar-refractivity contribution in [3.05, 3.63) is 29.8 Å². The Kier molecular flexibility index (Phi) is 5.16. The topological polar surface area (TPSA) is 46.5 Å². The maximum Gasteiger partial charge on any atom is 0.424 e. The van der Waals surface area contributed by atoms with E-state index in [9.17, 15) is 23.1 Å². The summed E-state index contributed by atoms with van der Waals surface area (Å²) >= 11 is 0. The molecule has 20 heavy (non-hydrogen) atoms. The van der Waals surface area contributed by atoms with Crippen LogP contribution in [0.1, 0.15) is 31.2 Å². The van der Waals surface area contributed by atoms with E-state index < -0.39 is 30.4 Å². The van der Waals surface area contributed by atoms with E-state index in [1.54, 1.807) is 31.2 Å². The summed E-state index contributed by atoms with van der Waals surface area (Å²) in [7, 11) is 1.42. The fourth-order valence-electron chi connectivity index (χ4n) is 2.08. The van der Waals surface area contributed by atoms with Crippen molar-refractivity contribution in [3.8, 4) is 5.75 Å². The van der Waals surface area contributed by atoms with Gasteiger partial charge in [0, 0.05) is 0 Å². The van der Waals surface area contributed by atoms with Crippen molar-refractivity contribution in [2.45, 2.75) is 37.5 Å². The van der Waals surface area contributed by atoms with Gasteiger partial charge in [-0.25, -0.2) is 0 Å². The molecule has 0 aliphatic heterocycles. The number of para-hydroxylation sites is 1. The number of halogens is 3. The second-order valence-electron chi connectivity index (χ2n) is 4.59. The lowest BCUT2D eigenvalue weighted by molar-refractivity contribution is -0.247. The molecule has 2 atom stereocenters. The van der Waals surface area contributed by atoms with Crippen molar-refractivity contribution in [1.29, 1.82) is 0 Å². The number of ether oxygens (including phenoxy) is 1. The first-order valence-electron chi connectivity index (χ1n) is 6.17. The van der Waals surface area contributed by atoms with Crippen molar-refractivity contribution >= 4 is 6.29 Å². The van der Waals surface area contributed by atoms with E-state index >= 15 is 0 Å². The quantitative estimate of drug-likeness (QED) is 0.819. The van der Waals surface area contributed by atoms with Crippen LogP contribution in [0.15, 0.2) is 24.3 Å². The molecule has 112 valence electrons. The van der Waals surface area contributed by atoms with E-state index in [-0.39, 0.29) is 0 Å². The normalized spacial score (nSPS) is 16.3. The molecular weight excluding hydrogens is 273 g/mol. The van der Waals surface area contributed by atoms with Gasteiger partial charge in [0.15, 0.2) is 6.29 Å². The second kappa shape index (κ2) is 6.26. The van der Waals surface area contributed by atoms with E-state index in [0.29, 0.717) is 17.7 Å². The average molecular weight is 290 g/mol. The molecule has 1 aromatic carbocycles. The third-order valence-electron chi connectivity index (χ3n) is 3.31. The molecule has 6 heteroatoms. The Hall–Kier alpha value is -1.56. The summed E-state index contributed by atoms with van der Waals surface area (Å²) in [6, 6.07) is 6.64. The maximum absolute atomic E-state index is 12.8. The molecule has 0 amide bonds. The molecule has 0 heterocycles. The van der Waals surface area contributed by atoms with E-state index in [1.165, 1.54) is 7.11 Å². The van der Waals surface area contributed by atoms with Crippen LogP contribution in [0, 0.1) is 0 Å². The van der Waals surface area contributed by atoms with Gasteiger partial charge in [-0.15, -0.1) is 0 Å². The molecule has 2 unspecified atom stereocenters. The molecule has 0 spiro atoms. The van der Waals surface area contributed by atoms with Crippen LogP contribution >= 0.6 is 0 Å². The molecule has 0 aliphatic carbocycles. The number of carbonyl (C=O) groups is 1.